The van der Waals surface area contributed by atoms with Crippen LogP contribution in [-0.2, 0) is 10.3 Å². The molecule has 17 heavy (non-hydrogen) atoms. The molecule has 96 valence electrons. The van der Waals surface area contributed by atoms with Gasteiger partial charge in [-0.1, -0.05) is 12.1 Å². The van der Waals surface area contributed by atoms with Gasteiger partial charge >= 0.3 is 0 Å². The molecule has 0 aliphatic carbocycles. The van der Waals surface area contributed by atoms with Crippen LogP contribution in [0, 0.1) is 0 Å². The van der Waals surface area contributed by atoms with E-state index in [0.717, 1.165) is 11.3 Å². The summed E-state index contributed by atoms with van der Waals surface area (Å²) in [6, 6.07) is 7.90. The van der Waals surface area contributed by atoms with Crippen molar-refractivity contribution >= 4 is 0 Å². The van der Waals surface area contributed by atoms with Crippen LogP contribution >= 0.6 is 0 Å². The summed E-state index contributed by atoms with van der Waals surface area (Å²) in [5.41, 5.74) is 6.82. The molecule has 3 heteroatoms. The lowest BCUT2D eigenvalue weighted by Crippen LogP contribution is -2.38. The molecule has 0 aliphatic heterocycles. The van der Waals surface area contributed by atoms with Gasteiger partial charge in [0.15, 0.2) is 0 Å². The standard InChI is InChI=1S/C14H23NO2/c1-5-16-10-14(4,15)12-6-8-13(9-7-12)17-11(2)3/h6-9,11H,5,10,15H2,1-4H3. The molecule has 0 heterocycles. The number of rotatable bonds is 6. The fourth-order valence-electron chi connectivity index (χ4n) is 1.58. The molecule has 0 spiro atoms. The number of hydrogen-bond acceptors (Lipinski definition) is 3. The van der Waals surface area contributed by atoms with Crippen LogP contribution in [0.1, 0.15) is 33.3 Å². The first-order valence-electron chi connectivity index (χ1n) is 6.09. The van der Waals surface area contributed by atoms with Crippen LogP contribution in [0.3, 0.4) is 0 Å². The molecule has 0 aromatic heterocycles. The van der Waals surface area contributed by atoms with Gasteiger partial charge in [0, 0.05) is 6.61 Å². The molecule has 1 aromatic carbocycles. The van der Waals surface area contributed by atoms with Crippen molar-refractivity contribution in [1.29, 1.82) is 0 Å². The Balaban J connectivity index is 2.72. The van der Waals surface area contributed by atoms with E-state index in [-0.39, 0.29) is 6.10 Å². The predicted molar refractivity (Wildman–Crippen MR) is 70.2 cm³/mol. The Morgan fingerprint density at radius 2 is 1.82 bits per heavy atom. The molecule has 0 radical (unpaired) electrons. The van der Waals surface area contributed by atoms with E-state index in [1.807, 2.05) is 52.0 Å². The zero-order valence-corrected chi connectivity index (χ0v) is 11.2. The van der Waals surface area contributed by atoms with Crippen molar-refractivity contribution < 1.29 is 9.47 Å². The molecular formula is C14H23NO2. The van der Waals surface area contributed by atoms with E-state index >= 15 is 0 Å². The molecule has 0 saturated carbocycles. The fraction of sp³-hybridized carbons (Fsp3) is 0.571. The molecule has 0 bridgehead atoms. The van der Waals surface area contributed by atoms with Gasteiger partial charge in [-0.2, -0.15) is 0 Å². The van der Waals surface area contributed by atoms with Gasteiger partial charge in [0.2, 0.25) is 0 Å². The van der Waals surface area contributed by atoms with E-state index in [2.05, 4.69) is 0 Å². The van der Waals surface area contributed by atoms with Crippen LogP contribution in [0.25, 0.3) is 0 Å². The molecule has 1 aromatic rings. The lowest BCUT2D eigenvalue weighted by Gasteiger charge is -2.25. The number of ether oxygens (including phenoxy) is 2. The molecule has 0 fully saturated rings. The Morgan fingerprint density at radius 3 is 2.29 bits per heavy atom. The van der Waals surface area contributed by atoms with Gasteiger partial charge in [-0.25, -0.2) is 0 Å². The van der Waals surface area contributed by atoms with Crippen molar-refractivity contribution in [3.05, 3.63) is 29.8 Å². The molecule has 3 nitrogen and oxygen atoms in total. The minimum atomic E-state index is -0.452. The zero-order chi connectivity index (χ0) is 12.9. The summed E-state index contributed by atoms with van der Waals surface area (Å²) >= 11 is 0. The van der Waals surface area contributed by atoms with Gasteiger partial charge in [0.05, 0.1) is 18.2 Å². The lowest BCUT2D eigenvalue weighted by molar-refractivity contribution is 0.101. The minimum Gasteiger partial charge on any atom is -0.491 e. The van der Waals surface area contributed by atoms with Gasteiger partial charge in [-0.15, -0.1) is 0 Å². The van der Waals surface area contributed by atoms with Crippen LogP contribution in [0.5, 0.6) is 5.75 Å². The van der Waals surface area contributed by atoms with Crippen molar-refractivity contribution in [3.8, 4) is 5.75 Å². The SMILES string of the molecule is CCOCC(C)(N)c1ccc(OC(C)C)cc1. The Kier molecular flexibility index (Phi) is 4.97. The number of hydrogen-bond donors (Lipinski definition) is 1. The highest BCUT2D eigenvalue weighted by atomic mass is 16.5. The Bertz CT molecular complexity index is 331. The maximum absolute atomic E-state index is 6.21. The summed E-state index contributed by atoms with van der Waals surface area (Å²) in [6.45, 7) is 9.16. The van der Waals surface area contributed by atoms with Gasteiger partial charge in [0.25, 0.3) is 0 Å². The topological polar surface area (TPSA) is 44.5 Å². The van der Waals surface area contributed by atoms with Gasteiger partial charge in [-0.3, -0.25) is 0 Å². The Morgan fingerprint density at radius 1 is 1.24 bits per heavy atom. The Labute approximate surface area is 104 Å². The van der Waals surface area contributed by atoms with E-state index in [1.165, 1.54) is 0 Å². The monoisotopic (exact) mass is 237 g/mol. The molecule has 2 N–H and O–H groups in total. The molecule has 1 rings (SSSR count). The normalized spacial score (nSPS) is 14.7. The summed E-state index contributed by atoms with van der Waals surface area (Å²) in [6.07, 6.45) is 0.188. The van der Waals surface area contributed by atoms with Gasteiger partial charge in [-0.05, 0) is 45.4 Å². The lowest BCUT2D eigenvalue weighted by atomic mass is 9.94. The van der Waals surface area contributed by atoms with E-state index in [4.69, 9.17) is 15.2 Å². The van der Waals surface area contributed by atoms with Crippen LogP contribution in [0.15, 0.2) is 24.3 Å². The molecule has 1 unspecified atom stereocenters. The maximum Gasteiger partial charge on any atom is 0.119 e. The smallest absolute Gasteiger partial charge is 0.119 e. The summed E-state index contributed by atoms with van der Waals surface area (Å²) < 4.78 is 11.0. The molecular weight excluding hydrogens is 214 g/mol. The molecule has 0 saturated heterocycles. The first-order valence-corrected chi connectivity index (χ1v) is 6.09. The van der Waals surface area contributed by atoms with Crippen LogP contribution in [0.2, 0.25) is 0 Å². The highest BCUT2D eigenvalue weighted by Crippen LogP contribution is 2.22. The van der Waals surface area contributed by atoms with E-state index in [1.54, 1.807) is 0 Å². The fourth-order valence-corrected chi connectivity index (χ4v) is 1.58. The van der Waals surface area contributed by atoms with E-state index < -0.39 is 5.54 Å². The summed E-state index contributed by atoms with van der Waals surface area (Å²) in [5.74, 6) is 0.871. The predicted octanol–water partition coefficient (Wildman–Crippen LogP) is 2.68. The van der Waals surface area contributed by atoms with E-state index in [0.29, 0.717) is 13.2 Å². The average Bonchev–Trinajstić information content (AvgIpc) is 2.26. The van der Waals surface area contributed by atoms with Crippen LogP contribution in [-0.4, -0.2) is 19.3 Å². The van der Waals surface area contributed by atoms with Crippen molar-refractivity contribution in [2.45, 2.75) is 39.3 Å². The summed E-state index contributed by atoms with van der Waals surface area (Å²) in [7, 11) is 0. The number of nitrogens with two attached hydrogens (primary N) is 1. The first kappa shape index (κ1) is 14.0. The first-order chi connectivity index (χ1) is 7.95. The van der Waals surface area contributed by atoms with Crippen molar-refractivity contribution in [1.82, 2.24) is 0 Å². The second-order valence-corrected chi connectivity index (χ2v) is 4.75. The second kappa shape index (κ2) is 6.03. The third kappa shape index (κ3) is 4.36. The molecule has 1 atom stereocenters. The maximum atomic E-state index is 6.21. The van der Waals surface area contributed by atoms with Crippen LogP contribution < -0.4 is 10.5 Å². The van der Waals surface area contributed by atoms with Gasteiger partial charge in [0.1, 0.15) is 5.75 Å². The Hall–Kier alpha value is -1.06. The van der Waals surface area contributed by atoms with Gasteiger partial charge < -0.3 is 15.2 Å². The van der Waals surface area contributed by atoms with Crippen molar-refractivity contribution in [2.24, 2.45) is 5.73 Å². The summed E-state index contributed by atoms with van der Waals surface area (Å²) in [5, 5.41) is 0. The summed E-state index contributed by atoms with van der Waals surface area (Å²) in [4.78, 5) is 0. The highest BCUT2D eigenvalue weighted by Gasteiger charge is 2.21. The average molecular weight is 237 g/mol. The van der Waals surface area contributed by atoms with E-state index in [9.17, 15) is 0 Å². The highest BCUT2D eigenvalue weighted by molar-refractivity contribution is 5.31. The van der Waals surface area contributed by atoms with Crippen LogP contribution in [0.4, 0.5) is 0 Å². The molecule has 0 aliphatic rings. The minimum absolute atomic E-state index is 0.188. The third-order valence-electron chi connectivity index (χ3n) is 2.49. The second-order valence-electron chi connectivity index (χ2n) is 4.75. The van der Waals surface area contributed by atoms with Crippen molar-refractivity contribution in [3.63, 3.8) is 0 Å². The zero-order valence-electron chi connectivity index (χ0n) is 11.2. The van der Waals surface area contributed by atoms with Crippen molar-refractivity contribution in [2.75, 3.05) is 13.2 Å². The third-order valence-corrected chi connectivity index (χ3v) is 2.49. The molecule has 0 amide bonds. The number of benzene rings is 1. The largest absolute Gasteiger partial charge is 0.491 e. The quantitative estimate of drug-likeness (QED) is 0.827.